The lowest BCUT2D eigenvalue weighted by Crippen LogP contribution is -2.48. The number of aryl methyl sites for hydroxylation is 3. The molecular formula is C26H30N2O5. The molecule has 3 aromatic rings. The molecule has 0 aliphatic rings. The van der Waals surface area contributed by atoms with E-state index in [9.17, 15) is 9.90 Å². The first kappa shape index (κ1) is 24.2. The third-order valence-corrected chi connectivity index (χ3v) is 5.43. The largest absolute Gasteiger partial charge is 0.497 e. The summed E-state index contributed by atoms with van der Waals surface area (Å²) in [5.41, 5.74) is 1.99. The van der Waals surface area contributed by atoms with Crippen molar-refractivity contribution in [2.24, 2.45) is 0 Å². The number of aromatic nitrogens is 2. The van der Waals surface area contributed by atoms with E-state index >= 15 is 0 Å². The van der Waals surface area contributed by atoms with Crippen LogP contribution in [0.15, 0.2) is 60.7 Å². The minimum absolute atomic E-state index is 0.0175. The molecule has 0 saturated carbocycles. The smallest absolute Gasteiger partial charge is 0.348 e. The molecule has 0 fully saturated rings. The summed E-state index contributed by atoms with van der Waals surface area (Å²) in [6.45, 7) is 5.70. The number of carboxylic acids is 1. The number of carboxylic acid groups (broad SMARTS) is 1. The molecule has 2 aromatic carbocycles. The normalized spacial score (nSPS) is 13.7. The number of methoxy groups -OCH3 is 1. The molecule has 7 nitrogen and oxygen atoms in total. The fraction of sp³-hybridized carbons (Fsp3) is 0.346. The average molecular weight is 451 g/mol. The monoisotopic (exact) mass is 450 g/mol. The summed E-state index contributed by atoms with van der Waals surface area (Å²) in [7, 11) is 1.64. The molecule has 0 radical (unpaired) electrons. The van der Waals surface area contributed by atoms with E-state index in [0.29, 0.717) is 30.0 Å². The number of carbonyl (C=O) groups is 1. The van der Waals surface area contributed by atoms with Crippen molar-refractivity contribution in [3.05, 3.63) is 83.2 Å². The summed E-state index contributed by atoms with van der Waals surface area (Å²) in [6, 6.07) is 18.9. The van der Waals surface area contributed by atoms with E-state index in [0.717, 1.165) is 17.7 Å². The molecule has 0 saturated heterocycles. The van der Waals surface area contributed by atoms with Crippen LogP contribution in [0.3, 0.4) is 0 Å². The van der Waals surface area contributed by atoms with Gasteiger partial charge >= 0.3 is 12.0 Å². The van der Waals surface area contributed by atoms with Crippen LogP contribution < -0.4 is 9.47 Å². The molecule has 0 bridgehead atoms. The number of ether oxygens (including phenoxy) is 3. The zero-order valence-corrected chi connectivity index (χ0v) is 19.4. The highest BCUT2D eigenvalue weighted by molar-refractivity contribution is 5.75. The second-order valence-corrected chi connectivity index (χ2v) is 8.04. The Balaban J connectivity index is 1.79. The fourth-order valence-corrected chi connectivity index (χ4v) is 3.68. The Bertz CT molecular complexity index is 1040. The van der Waals surface area contributed by atoms with Crippen molar-refractivity contribution in [1.82, 2.24) is 9.97 Å². The number of hydrogen-bond donors (Lipinski definition) is 1. The van der Waals surface area contributed by atoms with Crippen LogP contribution in [0.2, 0.25) is 0 Å². The first-order chi connectivity index (χ1) is 15.8. The highest BCUT2D eigenvalue weighted by atomic mass is 16.6. The van der Waals surface area contributed by atoms with Crippen LogP contribution >= 0.6 is 0 Å². The van der Waals surface area contributed by atoms with Crippen LogP contribution in [0.25, 0.3) is 0 Å². The molecule has 1 N–H and O–H groups in total. The van der Waals surface area contributed by atoms with Crippen LogP contribution in [0.5, 0.6) is 11.8 Å². The minimum Gasteiger partial charge on any atom is -0.497 e. The third-order valence-electron chi connectivity index (χ3n) is 5.43. The summed E-state index contributed by atoms with van der Waals surface area (Å²) < 4.78 is 17.3. The van der Waals surface area contributed by atoms with Crippen LogP contribution in [-0.2, 0) is 21.6 Å². The average Bonchev–Trinajstić information content (AvgIpc) is 2.80. The Morgan fingerprint density at radius 3 is 2.24 bits per heavy atom. The number of aliphatic carboxylic acids is 1. The quantitative estimate of drug-likeness (QED) is 0.430. The Hall–Kier alpha value is -3.45. The van der Waals surface area contributed by atoms with Gasteiger partial charge in [0.15, 0.2) is 0 Å². The molecule has 0 amide bonds. The van der Waals surface area contributed by atoms with Gasteiger partial charge in [-0.25, -0.2) is 14.8 Å². The zero-order valence-electron chi connectivity index (χ0n) is 19.4. The van der Waals surface area contributed by atoms with E-state index in [1.54, 1.807) is 20.1 Å². The first-order valence-electron chi connectivity index (χ1n) is 10.9. The molecule has 0 aliphatic carbocycles. The Morgan fingerprint density at radius 2 is 1.67 bits per heavy atom. The van der Waals surface area contributed by atoms with Crippen molar-refractivity contribution in [3.8, 4) is 11.8 Å². The van der Waals surface area contributed by atoms with Gasteiger partial charge in [-0.15, -0.1) is 0 Å². The summed E-state index contributed by atoms with van der Waals surface area (Å²) in [5.74, 6) is -0.346. The van der Waals surface area contributed by atoms with E-state index in [2.05, 4.69) is 9.97 Å². The molecule has 0 spiro atoms. The maximum atomic E-state index is 12.3. The number of nitrogens with zero attached hydrogens (tertiary/aromatic N) is 2. The van der Waals surface area contributed by atoms with Crippen LogP contribution in [0.4, 0.5) is 0 Å². The molecule has 33 heavy (non-hydrogen) atoms. The van der Waals surface area contributed by atoms with Crippen LogP contribution in [0.1, 0.15) is 35.9 Å². The Labute approximate surface area is 194 Å². The predicted octanol–water partition coefficient (Wildman–Crippen LogP) is 4.50. The van der Waals surface area contributed by atoms with Gasteiger partial charge in [0.2, 0.25) is 6.10 Å². The Morgan fingerprint density at radius 1 is 1.03 bits per heavy atom. The molecule has 2 atom stereocenters. The van der Waals surface area contributed by atoms with E-state index in [1.165, 1.54) is 0 Å². The van der Waals surface area contributed by atoms with Crippen molar-refractivity contribution >= 4 is 5.97 Å². The second-order valence-electron chi connectivity index (χ2n) is 8.04. The van der Waals surface area contributed by atoms with Gasteiger partial charge in [-0.2, -0.15) is 0 Å². The zero-order chi connectivity index (χ0) is 23.8. The van der Waals surface area contributed by atoms with E-state index in [4.69, 9.17) is 14.2 Å². The topological polar surface area (TPSA) is 90.8 Å². The lowest BCUT2D eigenvalue weighted by atomic mass is 9.89. The third kappa shape index (κ3) is 6.29. The van der Waals surface area contributed by atoms with Gasteiger partial charge in [-0.3, -0.25) is 0 Å². The summed E-state index contributed by atoms with van der Waals surface area (Å²) in [6.07, 6.45) is 0.150. The van der Waals surface area contributed by atoms with Gasteiger partial charge in [-0.1, -0.05) is 42.5 Å². The van der Waals surface area contributed by atoms with Crippen LogP contribution in [-0.4, -0.2) is 40.9 Å². The van der Waals surface area contributed by atoms with Crippen molar-refractivity contribution in [1.29, 1.82) is 0 Å². The van der Waals surface area contributed by atoms with Crippen molar-refractivity contribution in [3.63, 3.8) is 0 Å². The SMILES string of the molecule is COc1ccc(CCCO[C@@](C)(c2ccccc2)[C@H](Oc2nc(C)cc(C)n2)C(=O)O)cc1. The van der Waals surface area contributed by atoms with Gasteiger partial charge in [-0.05, 0) is 62.9 Å². The van der Waals surface area contributed by atoms with E-state index < -0.39 is 17.7 Å². The molecule has 3 rings (SSSR count). The van der Waals surface area contributed by atoms with Gasteiger partial charge in [0.1, 0.15) is 11.4 Å². The molecule has 0 unspecified atom stereocenters. The number of benzene rings is 2. The maximum absolute atomic E-state index is 12.3. The second kappa shape index (κ2) is 10.9. The highest BCUT2D eigenvalue weighted by Gasteiger charge is 2.44. The lowest BCUT2D eigenvalue weighted by molar-refractivity contribution is -0.168. The van der Waals surface area contributed by atoms with E-state index in [-0.39, 0.29) is 6.01 Å². The van der Waals surface area contributed by atoms with Gasteiger partial charge in [0.25, 0.3) is 0 Å². The summed E-state index contributed by atoms with van der Waals surface area (Å²) in [5, 5.41) is 10.1. The van der Waals surface area contributed by atoms with Crippen LogP contribution in [0, 0.1) is 13.8 Å². The summed E-state index contributed by atoms with van der Waals surface area (Å²) >= 11 is 0. The lowest BCUT2D eigenvalue weighted by Gasteiger charge is -2.35. The van der Waals surface area contributed by atoms with Crippen molar-refractivity contribution in [2.45, 2.75) is 45.3 Å². The van der Waals surface area contributed by atoms with Gasteiger partial charge in [0.05, 0.1) is 7.11 Å². The first-order valence-corrected chi connectivity index (χ1v) is 10.9. The fourth-order valence-electron chi connectivity index (χ4n) is 3.68. The molecule has 1 aromatic heterocycles. The minimum atomic E-state index is -1.35. The number of rotatable bonds is 11. The van der Waals surface area contributed by atoms with Crippen molar-refractivity contribution < 1.29 is 24.1 Å². The molecule has 174 valence electrons. The molecule has 0 aliphatic heterocycles. The predicted molar refractivity (Wildman–Crippen MR) is 125 cm³/mol. The highest BCUT2D eigenvalue weighted by Crippen LogP contribution is 2.32. The maximum Gasteiger partial charge on any atom is 0.348 e. The number of hydrogen-bond acceptors (Lipinski definition) is 6. The van der Waals surface area contributed by atoms with Gasteiger partial charge in [0, 0.05) is 18.0 Å². The molecule has 7 heteroatoms. The molecule has 1 heterocycles. The summed E-state index contributed by atoms with van der Waals surface area (Å²) in [4.78, 5) is 20.8. The Kier molecular flexibility index (Phi) is 8.01. The van der Waals surface area contributed by atoms with Gasteiger partial charge < -0.3 is 19.3 Å². The molecular weight excluding hydrogens is 420 g/mol. The standard InChI is InChI=1S/C26H30N2O5/c1-18-17-19(2)28-25(27-18)33-23(24(29)30)26(3,21-10-6-5-7-11-21)32-16-8-9-20-12-14-22(31-4)15-13-20/h5-7,10-15,17,23H,8-9,16H2,1-4H3,(H,29,30)/t23-,26+/m1/s1. The van der Waals surface area contributed by atoms with E-state index in [1.807, 2.05) is 68.4 Å². The van der Waals surface area contributed by atoms with Crippen molar-refractivity contribution in [2.75, 3.05) is 13.7 Å².